The summed E-state index contributed by atoms with van der Waals surface area (Å²) in [5.41, 5.74) is 9.97. The first-order valence-corrected chi connectivity index (χ1v) is 4.66. The maximum Gasteiger partial charge on any atom is 0.323 e. The quantitative estimate of drug-likeness (QED) is 0.568. The fourth-order valence-corrected chi connectivity index (χ4v) is 1.10. The Morgan fingerprint density at radius 2 is 2.15 bits per heavy atom. The molecule has 0 saturated carbocycles. The second-order valence-corrected chi connectivity index (χ2v) is 3.77. The molecule has 0 bridgehead atoms. The molecule has 0 aliphatic rings. The van der Waals surface area contributed by atoms with Crippen LogP contribution in [0.3, 0.4) is 0 Å². The summed E-state index contributed by atoms with van der Waals surface area (Å²) in [4.78, 5) is 10.7. The number of carboxylic acid groups (broad SMARTS) is 1. The van der Waals surface area contributed by atoms with Crippen LogP contribution in [0, 0.1) is 5.92 Å². The Balaban J connectivity index is 3.92. The van der Waals surface area contributed by atoms with Crippen LogP contribution in [0.4, 0.5) is 0 Å². The van der Waals surface area contributed by atoms with Crippen molar-refractivity contribution >= 4 is 5.97 Å². The summed E-state index contributed by atoms with van der Waals surface area (Å²) >= 11 is 0. The van der Waals surface area contributed by atoms with E-state index in [0.717, 1.165) is 12.8 Å². The number of carbonyl (C=O) groups is 1. The van der Waals surface area contributed by atoms with E-state index in [1.54, 1.807) is 6.92 Å². The van der Waals surface area contributed by atoms with Gasteiger partial charge in [0.05, 0.1) is 0 Å². The van der Waals surface area contributed by atoms with Gasteiger partial charge >= 0.3 is 5.97 Å². The van der Waals surface area contributed by atoms with Gasteiger partial charge < -0.3 is 16.6 Å². The lowest BCUT2D eigenvalue weighted by molar-refractivity contribution is -0.143. The second-order valence-electron chi connectivity index (χ2n) is 3.77. The molecule has 13 heavy (non-hydrogen) atoms. The predicted octanol–water partition coefficient (Wildman–Crippen LogP) is 0.554. The Labute approximate surface area is 79.3 Å². The zero-order valence-corrected chi connectivity index (χ0v) is 8.42. The topological polar surface area (TPSA) is 89.3 Å². The molecule has 0 rings (SSSR count). The molecule has 4 heteroatoms. The van der Waals surface area contributed by atoms with Gasteiger partial charge in [0.25, 0.3) is 0 Å². The van der Waals surface area contributed by atoms with Crippen molar-refractivity contribution in [3.05, 3.63) is 0 Å². The smallest absolute Gasteiger partial charge is 0.323 e. The summed E-state index contributed by atoms with van der Waals surface area (Å²) in [5.74, 6) is -0.554. The van der Waals surface area contributed by atoms with Gasteiger partial charge in [-0.2, -0.15) is 0 Å². The van der Waals surface area contributed by atoms with E-state index in [4.69, 9.17) is 16.6 Å². The molecular formula is C9H20N2O2. The summed E-state index contributed by atoms with van der Waals surface area (Å²) in [6.07, 6.45) is 2.25. The lowest BCUT2D eigenvalue weighted by Gasteiger charge is -2.21. The number of aliphatic carboxylic acids is 1. The Bertz CT molecular complexity index is 165. The minimum Gasteiger partial charge on any atom is -0.480 e. The van der Waals surface area contributed by atoms with Crippen LogP contribution < -0.4 is 11.5 Å². The van der Waals surface area contributed by atoms with Crippen molar-refractivity contribution in [2.24, 2.45) is 17.4 Å². The fourth-order valence-electron chi connectivity index (χ4n) is 1.10. The Morgan fingerprint density at radius 3 is 2.46 bits per heavy atom. The van der Waals surface area contributed by atoms with Crippen LogP contribution in [-0.4, -0.2) is 23.2 Å². The van der Waals surface area contributed by atoms with E-state index in [-0.39, 0.29) is 0 Å². The highest BCUT2D eigenvalue weighted by atomic mass is 16.4. The van der Waals surface area contributed by atoms with E-state index < -0.39 is 11.5 Å². The second kappa shape index (κ2) is 5.19. The van der Waals surface area contributed by atoms with Gasteiger partial charge in [-0.1, -0.05) is 13.3 Å². The maximum atomic E-state index is 10.7. The standard InChI is InChI=1S/C9H20N2O2/c1-3-7(6-10)4-5-9(2,11)8(12)13/h7H,3-6,10-11H2,1-2H3,(H,12,13)/t7?,9-/m0/s1. The minimum absolute atomic E-state index is 0.391. The average Bonchev–Trinajstić information content (AvgIpc) is 2.06. The Morgan fingerprint density at radius 1 is 1.62 bits per heavy atom. The molecule has 0 amide bonds. The normalized spacial score (nSPS) is 17.8. The first kappa shape index (κ1) is 12.4. The molecule has 0 aliphatic heterocycles. The summed E-state index contributed by atoms with van der Waals surface area (Å²) in [7, 11) is 0. The van der Waals surface area contributed by atoms with Gasteiger partial charge in [0.15, 0.2) is 0 Å². The third-order valence-corrected chi connectivity index (χ3v) is 2.47. The van der Waals surface area contributed by atoms with Crippen LogP contribution in [0.25, 0.3) is 0 Å². The maximum absolute atomic E-state index is 10.7. The molecule has 0 spiro atoms. The molecule has 0 radical (unpaired) electrons. The highest BCUT2D eigenvalue weighted by Gasteiger charge is 2.27. The van der Waals surface area contributed by atoms with Crippen molar-refractivity contribution in [2.45, 2.75) is 38.6 Å². The van der Waals surface area contributed by atoms with Crippen molar-refractivity contribution in [3.8, 4) is 0 Å². The van der Waals surface area contributed by atoms with E-state index in [1.807, 2.05) is 6.92 Å². The first-order valence-electron chi connectivity index (χ1n) is 4.66. The van der Waals surface area contributed by atoms with Crippen molar-refractivity contribution in [2.75, 3.05) is 6.54 Å². The fraction of sp³-hybridized carbons (Fsp3) is 0.889. The van der Waals surface area contributed by atoms with Crippen molar-refractivity contribution < 1.29 is 9.90 Å². The molecule has 2 atom stereocenters. The van der Waals surface area contributed by atoms with Crippen LogP contribution in [0.15, 0.2) is 0 Å². The lowest BCUT2D eigenvalue weighted by atomic mass is 9.90. The van der Waals surface area contributed by atoms with Gasteiger partial charge in [-0.3, -0.25) is 4.79 Å². The molecule has 5 N–H and O–H groups in total. The van der Waals surface area contributed by atoms with Crippen molar-refractivity contribution in [1.29, 1.82) is 0 Å². The van der Waals surface area contributed by atoms with Gasteiger partial charge in [-0.25, -0.2) is 0 Å². The highest BCUT2D eigenvalue weighted by Crippen LogP contribution is 2.16. The van der Waals surface area contributed by atoms with Crippen molar-refractivity contribution in [1.82, 2.24) is 0 Å². The minimum atomic E-state index is -1.11. The molecule has 0 aromatic rings. The van der Waals surface area contributed by atoms with Gasteiger partial charge in [0, 0.05) is 0 Å². The predicted molar refractivity (Wildman–Crippen MR) is 52.3 cm³/mol. The molecule has 78 valence electrons. The first-order chi connectivity index (χ1) is 5.94. The molecule has 0 aliphatic carbocycles. The summed E-state index contributed by atoms with van der Waals surface area (Å²) in [5, 5.41) is 8.74. The summed E-state index contributed by atoms with van der Waals surface area (Å²) in [6, 6.07) is 0. The molecule has 4 nitrogen and oxygen atoms in total. The van der Waals surface area contributed by atoms with Crippen LogP contribution in [0.2, 0.25) is 0 Å². The molecule has 0 heterocycles. The van der Waals surface area contributed by atoms with Gasteiger partial charge in [0.2, 0.25) is 0 Å². The Hall–Kier alpha value is -0.610. The molecule has 0 aromatic heterocycles. The van der Waals surface area contributed by atoms with Gasteiger partial charge in [0.1, 0.15) is 5.54 Å². The number of nitrogens with two attached hydrogens (primary N) is 2. The molecule has 0 fully saturated rings. The van der Waals surface area contributed by atoms with E-state index in [9.17, 15) is 4.79 Å². The van der Waals surface area contributed by atoms with E-state index in [1.165, 1.54) is 0 Å². The number of hydrogen-bond donors (Lipinski definition) is 3. The summed E-state index contributed by atoms with van der Waals surface area (Å²) < 4.78 is 0. The summed E-state index contributed by atoms with van der Waals surface area (Å²) in [6.45, 7) is 4.19. The zero-order chi connectivity index (χ0) is 10.5. The number of carboxylic acids is 1. The largest absolute Gasteiger partial charge is 0.480 e. The van der Waals surface area contributed by atoms with Crippen LogP contribution in [-0.2, 0) is 4.79 Å². The average molecular weight is 188 g/mol. The Kier molecular flexibility index (Phi) is 4.95. The molecule has 0 saturated heterocycles. The van der Waals surface area contributed by atoms with Crippen LogP contribution >= 0.6 is 0 Å². The third kappa shape index (κ3) is 4.24. The zero-order valence-electron chi connectivity index (χ0n) is 8.42. The number of rotatable bonds is 6. The lowest BCUT2D eigenvalue weighted by Crippen LogP contribution is -2.45. The van der Waals surface area contributed by atoms with E-state index in [0.29, 0.717) is 18.9 Å². The monoisotopic (exact) mass is 188 g/mol. The van der Waals surface area contributed by atoms with Crippen LogP contribution in [0.1, 0.15) is 33.1 Å². The van der Waals surface area contributed by atoms with Gasteiger partial charge in [-0.05, 0) is 32.2 Å². The van der Waals surface area contributed by atoms with E-state index >= 15 is 0 Å². The SMILES string of the molecule is CCC(CN)CC[C@](C)(N)C(=O)O. The third-order valence-electron chi connectivity index (χ3n) is 2.47. The number of hydrogen-bond acceptors (Lipinski definition) is 3. The molecule has 0 aromatic carbocycles. The highest BCUT2D eigenvalue weighted by molar-refractivity contribution is 5.77. The molecular weight excluding hydrogens is 168 g/mol. The molecule has 1 unspecified atom stereocenters. The van der Waals surface area contributed by atoms with E-state index in [2.05, 4.69) is 0 Å². The van der Waals surface area contributed by atoms with Crippen LogP contribution in [0.5, 0.6) is 0 Å². The van der Waals surface area contributed by atoms with Gasteiger partial charge in [-0.15, -0.1) is 0 Å². The van der Waals surface area contributed by atoms with Crippen molar-refractivity contribution in [3.63, 3.8) is 0 Å².